The van der Waals surface area contributed by atoms with Crippen molar-refractivity contribution < 1.29 is 0 Å². The predicted molar refractivity (Wildman–Crippen MR) is 72.6 cm³/mol. The highest BCUT2D eigenvalue weighted by Crippen LogP contribution is 2.23. The van der Waals surface area contributed by atoms with Crippen molar-refractivity contribution in [2.24, 2.45) is 0 Å². The maximum absolute atomic E-state index is 9.17. The molecule has 96 valence electrons. The van der Waals surface area contributed by atoms with Gasteiger partial charge in [-0.2, -0.15) is 5.26 Å². The van der Waals surface area contributed by atoms with Gasteiger partial charge in [-0.25, -0.2) is 4.98 Å². The van der Waals surface area contributed by atoms with E-state index in [-0.39, 0.29) is 0 Å². The average Bonchev–Trinajstić information content (AvgIpc) is 2.39. The van der Waals surface area contributed by atoms with Gasteiger partial charge in [0.15, 0.2) is 0 Å². The van der Waals surface area contributed by atoms with Crippen molar-refractivity contribution >= 4 is 5.82 Å². The maximum Gasteiger partial charge on any atom is 0.146 e. The SMILES string of the molecule is Cc1ccc(C#N)c(N(C)C2CCN(C)CC2)n1. The number of nitriles is 1. The number of anilines is 1. The number of aromatic nitrogens is 1. The molecule has 1 saturated heterocycles. The first-order valence-electron chi connectivity index (χ1n) is 6.41. The molecular formula is C14H20N4. The van der Waals surface area contributed by atoms with Gasteiger partial charge in [0.05, 0.1) is 5.56 Å². The monoisotopic (exact) mass is 244 g/mol. The Morgan fingerprint density at radius 1 is 1.39 bits per heavy atom. The second-order valence-electron chi connectivity index (χ2n) is 5.08. The van der Waals surface area contributed by atoms with Gasteiger partial charge in [0.1, 0.15) is 11.9 Å². The molecule has 0 saturated carbocycles. The Morgan fingerprint density at radius 3 is 2.67 bits per heavy atom. The highest BCUT2D eigenvalue weighted by atomic mass is 15.2. The second kappa shape index (κ2) is 5.36. The van der Waals surface area contributed by atoms with Gasteiger partial charge >= 0.3 is 0 Å². The van der Waals surface area contributed by atoms with Crippen LogP contribution in [0.5, 0.6) is 0 Å². The van der Waals surface area contributed by atoms with E-state index in [9.17, 15) is 5.26 Å². The molecule has 1 fully saturated rings. The van der Waals surface area contributed by atoms with E-state index in [1.54, 1.807) is 0 Å². The number of hydrogen-bond acceptors (Lipinski definition) is 4. The molecule has 0 atom stereocenters. The summed E-state index contributed by atoms with van der Waals surface area (Å²) in [7, 11) is 4.21. The summed E-state index contributed by atoms with van der Waals surface area (Å²) in [5.74, 6) is 0.826. The Bertz CT molecular complexity index is 455. The fraction of sp³-hybridized carbons (Fsp3) is 0.571. The van der Waals surface area contributed by atoms with Crippen molar-refractivity contribution in [3.63, 3.8) is 0 Å². The summed E-state index contributed by atoms with van der Waals surface area (Å²) in [6.07, 6.45) is 2.26. The number of hydrogen-bond donors (Lipinski definition) is 0. The lowest BCUT2D eigenvalue weighted by Gasteiger charge is -2.36. The summed E-state index contributed by atoms with van der Waals surface area (Å²) in [6.45, 7) is 4.19. The molecule has 1 aromatic rings. The maximum atomic E-state index is 9.17. The Morgan fingerprint density at radius 2 is 2.06 bits per heavy atom. The van der Waals surface area contributed by atoms with Crippen molar-refractivity contribution in [2.45, 2.75) is 25.8 Å². The van der Waals surface area contributed by atoms with Crippen LogP contribution in [-0.2, 0) is 0 Å². The lowest BCUT2D eigenvalue weighted by molar-refractivity contribution is 0.252. The average molecular weight is 244 g/mol. The third kappa shape index (κ3) is 2.62. The second-order valence-corrected chi connectivity index (χ2v) is 5.08. The largest absolute Gasteiger partial charge is 0.355 e. The summed E-state index contributed by atoms with van der Waals surface area (Å²) in [6, 6.07) is 6.48. The van der Waals surface area contributed by atoms with Crippen LogP contribution in [0.2, 0.25) is 0 Å². The zero-order valence-electron chi connectivity index (χ0n) is 11.3. The smallest absolute Gasteiger partial charge is 0.146 e. The van der Waals surface area contributed by atoms with Crippen LogP contribution in [0.25, 0.3) is 0 Å². The van der Waals surface area contributed by atoms with Gasteiger partial charge in [-0.15, -0.1) is 0 Å². The van der Waals surface area contributed by atoms with Crippen molar-refractivity contribution in [1.29, 1.82) is 5.26 Å². The molecule has 2 rings (SSSR count). The normalized spacial score (nSPS) is 17.4. The van der Waals surface area contributed by atoms with Gasteiger partial charge in [0.25, 0.3) is 0 Å². The molecule has 1 aromatic heterocycles. The standard InChI is InChI=1S/C14H20N4/c1-11-4-5-12(10-15)14(16-11)18(3)13-6-8-17(2)9-7-13/h4-5,13H,6-9H2,1-3H3. The molecule has 0 unspecified atom stereocenters. The van der Waals surface area contributed by atoms with Crippen LogP contribution in [-0.4, -0.2) is 43.1 Å². The molecule has 2 heterocycles. The zero-order chi connectivity index (χ0) is 13.1. The third-order valence-corrected chi connectivity index (χ3v) is 3.70. The van der Waals surface area contributed by atoms with Gasteiger partial charge in [0, 0.05) is 18.8 Å². The summed E-state index contributed by atoms with van der Waals surface area (Å²) in [4.78, 5) is 9.05. The molecule has 1 aliphatic rings. The predicted octanol–water partition coefficient (Wildman–Crippen LogP) is 1.79. The number of likely N-dealkylation sites (tertiary alicyclic amines) is 1. The van der Waals surface area contributed by atoms with E-state index in [4.69, 9.17) is 0 Å². The lowest BCUT2D eigenvalue weighted by atomic mass is 10.0. The van der Waals surface area contributed by atoms with Crippen LogP contribution >= 0.6 is 0 Å². The van der Waals surface area contributed by atoms with Crippen molar-refractivity contribution in [3.05, 3.63) is 23.4 Å². The van der Waals surface area contributed by atoms with Crippen LogP contribution in [0, 0.1) is 18.3 Å². The van der Waals surface area contributed by atoms with Crippen molar-refractivity contribution in [3.8, 4) is 6.07 Å². The van der Waals surface area contributed by atoms with Crippen LogP contribution < -0.4 is 4.90 Å². The highest BCUT2D eigenvalue weighted by Gasteiger charge is 2.23. The van der Waals surface area contributed by atoms with E-state index in [0.29, 0.717) is 11.6 Å². The molecule has 4 nitrogen and oxygen atoms in total. The molecule has 0 spiro atoms. The van der Waals surface area contributed by atoms with Gasteiger partial charge < -0.3 is 9.80 Å². The molecule has 0 bridgehead atoms. The van der Waals surface area contributed by atoms with E-state index < -0.39 is 0 Å². The topological polar surface area (TPSA) is 43.2 Å². The Labute approximate surface area is 109 Å². The first-order valence-corrected chi connectivity index (χ1v) is 6.41. The van der Waals surface area contributed by atoms with Crippen LogP contribution in [0.4, 0.5) is 5.82 Å². The van der Waals surface area contributed by atoms with Crippen LogP contribution in [0.15, 0.2) is 12.1 Å². The summed E-state index contributed by atoms with van der Waals surface area (Å²) < 4.78 is 0. The van der Waals surface area contributed by atoms with Crippen molar-refractivity contribution in [2.75, 3.05) is 32.1 Å². The Kier molecular flexibility index (Phi) is 3.83. The molecule has 4 heteroatoms. The van der Waals surface area contributed by atoms with Crippen LogP contribution in [0.3, 0.4) is 0 Å². The van der Waals surface area contributed by atoms with E-state index in [1.807, 2.05) is 19.1 Å². The molecule has 0 aromatic carbocycles. The Balaban J connectivity index is 2.20. The molecule has 0 amide bonds. The number of nitrogens with zero attached hydrogens (tertiary/aromatic N) is 4. The number of piperidine rings is 1. The molecule has 0 N–H and O–H groups in total. The summed E-state index contributed by atoms with van der Waals surface area (Å²) in [5.41, 5.74) is 1.63. The molecule has 0 aliphatic carbocycles. The molecule has 1 aliphatic heterocycles. The van der Waals surface area contributed by atoms with Crippen LogP contribution in [0.1, 0.15) is 24.1 Å². The lowest BCUT2D eigenvalue weighted by Crippen LogP contribution is -2.42. The van der Waals surface area contributed by atoms with Crippen molar-refractivity contribution in [1.82, 2.24) is 9.88 Å². The summed E-state index contributed by atoms with van der Waals surface area (Å²) >= 11 is 0. The fourth-order valence-electron chi connectivity index (χ4n) is 2.45. The number of rotatable bonds is 2. The number of aryl methyl sites for hydroxylation is 1. The number of pyridine rings is 1. The van der Waals surface area contributed by atoms with Gasteiger partial charge in [-0.05, 0) is 52.0 Å². The van der Waals surface area contributed by atoms with E-state index in [2.05, 4.69) is 34.9 Å². The highest BCUT2D eigenvalue weighted by molar-refractivity contribution is 5.54. The minimum Gasteiger partial charge on any atom is -0.355 e. The van der Waals surface area contributed by atoms with Gasteiger partial charge in [-0.3, -0.25) is 0 Å². The van der Waals surface area contributed by atoms with Gasteiger partial charge in [-0.1, -0.05) is 0 Å². The third-order valence-electron chi connectivity index (χ3n) is 3.70. The minimum absolute atomic E-state index is 0.489. The van der Waals surface area contributed by atoms with E-state index in [0.717, 1.165) is 37.4 Å². The molecular weight excluding hydrogens is 224 g/mol. The van der Waals surface area contributed by atoms with E-state index in [1.165, 1.54) is 0 Å². The zero-order valence-corrected chi connectivity index (χ0v) is 11.3. The van der Waals surface area contributed by atoms with Gasteiger partial charge in [0.2, 0.25) is 0 Å². The summed E-state index contributed by atoms with van der Waals surface area (Å²) in [5, 5.41) is 9.17. The molecule has 18 heavy (non-hydrogen) atoms. The fourth-order valence-corrected chi connectivity index (χ4v) is 2.45. The molecule has 0 radical (unpaired) electrons. The quantitative estimate of drug-likeness (QED) is 0.795. The first kappa shape index (κ1) is 12.8. The van der Waals surface area contributed by atoms with E-state index >= 15 is 0 Å². The first-order chi connectivity index (χ1) is 8.61. The minimum atomic E-state index is 0.489. The Hall–Kier alpha value is -1.60.